The van der Waals surface area contributed by atoms with E-state index < -0.39 is 5.97 Å². The van der Waals surface area contributed by atoms with E-state index in [1.165, 1.54) is 0 Å². The van der Waals surface area contributed by atoms with Crippen LogP contribution >= 0.6 is 0 Å². The van der Waals surface area contributed by atoms with Gasteiger partial charge < -0.3 is 15.2 Å². The molecular weight excluding hydrogens is 206 g/mol. The summed E-state index contributed by atoms with van der Waals surface area (Å²) in [4.78, 5) is 11.7. The van der Waals surface area contributed by atoms with Crippen molar-refractivity contribution in [1.82, 2.24) is 0 Å². The third-order valence-corrected chi connectivity index (χ3v) is 2.17. The molecule has 0 bridgehead atoms. The molecule has 0 saturated carbocycles. The van der Waals surface area contributed by atoms with Crippen LogP contribution in [0.15, 0.2) is 18.2 Å². The maximum Gasteiger partial charge on any atom is 0.340 e. The van der Waals surface area contributed by atoms with Gasteiger partial charge in [0.05, 0.1) is 12.2 Å². The van der Waals surface area contributed by atoms with E-state index in [0.29, 0.717) is 24.5 Å². The van der Waals surface area contributed by atoms with Crippen LogP contribution in [0, 0.1) is 6.92 Å². The average molecular weight is 223 g/mol. The molecule has 0 fully saturated rings. The molecule has 0 aliphatic heterocycles. The number of esters is 1. The minimum absolute atomic E-state index is 0.250. The molecule has 1 aromatic carbocycles. The van der Waals surface area contributed by atoms with Crippen LogP contribution in [0.4, 0.5) is 5.69 Å². The zero-order valence-electron chi connectivity index (χ0n) is 9.66. The molecule has 0 amide bonds. The highest BCUT2D eigenvalue weighted by Gasteiger charge is 2.13. The minimum atomic E-state index is -0.393. The molecule has 0 saturated heterocycles. The van der Waals surface area contributed by atoms with E-state index in [0.717, 1.165) is 5.56 Å². The van der Waals surface area contributed by atoms with Crippen molar-refractivity contribution in [3.63, 3.8) is 0 Å². The van der Waals surface area contributed by atoms with Crippen molar-refractivity contribution < 1.29 is 14.3 Å². The van der Waals surface area contributed by atoms with Gasteiger partial charge in [-0.05, 0) is 25.5 Å². The van der Waals surface area contributed by atoms with Crippen LogP contribution in [0.5, 0.6) is 0 Å². The number of carbonyl (C=O) groups excluding carboxylic acids is 1. The third-order valence-electron chi connectivity index (χ3n) is 2.17. The first-order chi connectivity index (χ1) is 7.66. The zero-order valence-corrected chi connectivity index (χ0v) is 9.66. The fourth-order valence-corrected chi connectivity index (χ4v) is 1.38. The van der Waals surface area contributed by atoms with Gasteiger partial charge in [-0.25, -0.2) is 4.79 Å². The number of hydrogen-bond acceptors (Lipinski definition) is 4. The second-order valence-corrected chi connectivity index (χ2v) is 3.37. The van der Waals surface area contributed by atoms with E-state index in [1.54, 1.807) is 6.07 Å². The summed E-state index contributed by atoms with van der Waals surface area (Å²) < 4.78 is 10.1. The largest absolute Gasteiger partial charge is 0.460 e. The summed E-state index contributed by atoms with van der Waals surface area (Å²) in [6.07, 6.45) is 0. The van der Waals surface area contributed by atoms with E-state index >= 15 is 0 Å². The number of benzene rings is 1. The second-order valence-electron chi connectivity index (χ2n) is 3.37. The molecule has 0 heterocycles. The topological polar surface area (TPSA) is 61.5 Å². The second kappa shape index (κ2) is 6.12. The smallest absolute Gasteiger partial charge is 0.340 e. The summed E-state index contributed by atoms with van der Waals surface area (Å²) in [5.41, 5.74) is 7.43. The Kier molecular flexibility index (Phi) is 4.79. The fraction of sp³-hybridized carbons (Fsp3) is 0.417. The van der Waals surface area contributed by atoms with Gasteiger partial charge in [-0.2, -0.15) is 0 Å². The molecule has 88 valence electrons. The number of hydrogen-bond donors (Lipinski definition) is 1. The number of carbonyl (C=O) groups is 1. The lowest BCUT2D eigenvalue weighted by atomic mass is 10.1. The number of anilines is 1. The van der Waals surface area contributed by atoms with Crippen molar-refractivity contribution in [2.45, 2.75) is 13.8 Å². The Morgan fingerprint density at radius 2 is 2.12 bits per heavy atom. The van der Waals surface area contributed by atoms with Gasteiger partial charge in [0.1, 0.15) is 6.61 Å². The van der Waals surface area contributed by atoms with E-state index in [9.17, 15) is 4.79 Å². The highest BCUT2D eigenvalue weighted by molar-refractivity contribution is 5.96. The summed E-state index contributed by atoms with van der Waals surface area (Å²) >= 11 is 0. The highest BCUT2D eigenvalue weighted by Crippen LogP contribution is 2.17. The molecule has 16 heavy (non-hydrogen) atoms. The van der Waals surface area contributed by atoms with Gasteiger partial charge in [0.15, 0.2) is 0 Å². The molecular formula is C12H17NO3. The lowest BCUT2D eigenvalue weighted by Crippen LogP contribution is -2.13. The number of ether oxygens (including phenoxy) is 2. The van der Waals surface area contributed by atoms with Crippen LogP contribution < -0.4 is 5.73 Å². The number of aryl methyl sites for hydroxylation is 1. The molecule has 4 heteroatoms. The van der Waals surface area contributed by atoms with Crippen molar-refractivity contribution in [1.29, 1.82) is 0 Å². The maximum atomic E-state index is 11.7. The Morgan fingerprint density at radius 3 is 2.75 bits per heavy atom. The van der Waals surface area contributed by atoms with Crippen LogP contribution in [0.2, 0.25) is 0 Å². The standard InChI is InChI=1S/C12H17NO3/c1-3-15-7-8-16-12(14)11-9(2)5-4-6-10(11)13/h4-6H,3,7-8,13H2,1-2H3. The average Bonchev–Trinajstić information content (AvgIpc) is 2.24. The summed E-state index contributed by atoms with van der Waals surface area (Å²) in [6.45, 7) is 5.00. The van der Waals surface area contributed by atoms with Crippen molar-refractivity contribution in [2.24, 2.45) is 0 Å². The van der Waals surface area contributed by atoms with Gasteiger partial charge in [0, 0.05) is 12.3 Å². The highest BCUT2D eigenvalue weighted by atomic mass is 16.6. The summed E-state index contributed by atoms with van der Waals surface area (Å²) in [5, 5.41) is 0. The first-order valence-corrected chi connectivity index (χ1v) is 5.26. The van der Waals surface area contributed by atoms with Crippen molar-refractivity contribution in [3.8, 4) is 0 Å². The molecule has 0 spiro atoms. The molecule has 0 radical (unpaired) electrons. The van der Waals surface area contributed by atoms with Gasteiger partial charge in [-0.15, -0.1) is 0 Å². The van der Waals surface area contributed by atoms with Gasteiger partial charge in [-0.1, -0.05) is 12.1 Å². The molecule has 1 aromatic rings. The van der Waals surface area contributed by atoms with Gasteiger partial charge >= 0.3 is 5.97 Å². The lowest BCUT2D eigenvalue weighted by molar-refractivity contribution is 0.0336. The minimum Gasteiger partial charge on any atom is -0.460 e. The van der Waals surface area contributed by atoms with Crippen LogP contribution in [0.1, 0.15) is 22.8 Å². The quantitative estimate of drug-likeness (QED) is 0.469. The van der Waals surface area contributed by atoms with Crippen molar-refractivity contribution in [3.05, 3.63) is 29.3 Å². The Balaban J connectivity index is 2.59. The Labute approximate surface area is 95.3 Å². The summed E-state index contributed by atoms with van der Waals surface area (Å²) in [6, 6.07) is 5.32. The first-order valence-electron chi connectivity index (χ1n) is 5.26. The molecule has 0 aliphatic carbocycles. The van der Waals surface area contributed by atoms with Crippen LogP contribution in [-0.2, 0) is 9.47 Å². The van der Waals surface area contributed by atoms with E-state index in [2.05, 4.69) is 0 Å². The molecule has 0 aliphatic rings. The van der Waals surface area contributed by atoms with Crippen molar-refractivity contribution >= 4 is 11.7 Å². The summed E-state index contributed by atoms with van der Waals surface area (Å²) in [7, 11) is 0. The van der Waals surface area contributed by atoms with E-state index in [-0.39, 0.29) is 6.61 Å². The SMILES string of the molecule is CCOCCOC(=O)c1c(C)cccc1N. The lowest BCUT2D eigenvalue weighted by Gasteiger charge is -2.09. The monoisotopic (exact) mass is 223 g/mol. The Hall–Kier alpha value is -1.55. The number of rotatable bonds is 5. The van der Waals surface area contributed by atoms with Crippen LogP contribution in [0.25, 0.3) is 0 Å². The molecule has 0 unspecified atom stereocenters. The normalized spacial score (nSPS) is 10.1. The van der Waals surface area contributed by atoms with Crippen LogP contribution in [-0.4, -0.2) is 25.8 Å². The maximum absolute atomic E-state index is 11.7. The predicted octanol–water partition coefficient (Wildman–Crippen LogP) is 1.77. The van der Waals surface area contributed by atoms with Crippen molar-refractivity contribution in [2.75, 3.05) is 25.6 Å². The molecule has 2 N–H and O–H groups in total. The molecule has 0 atom stereocenters. The van der Waals surface area contributed by atoms with Crippen LogP contribution in [0.3, 0.4) is 0 Å². The first kappa shape index (κ1) is 12.5. The van der Waals surface area contributed by atoms with Gasteiger partial charge in [-0.3, -0.25) is 0 Å². The van der Waals surface area contributed by atoms with E-state index in [1.807, 2.05) is 26.0 Å². The van der Waals surface area contributed by atoms with Gasteiger partial charge in [0.25, 0.3) is 0 Å². The molecule has 0 aromatic heterocycles. The number of nitrogen functional groups attached to an aromatic ring is 1. The zero-order chi connectivity index (χ0) is 12.0. The summed E-state index contributed by atoms with van der Waals surface area (Å²) in [5.74, 6) is -0.393. The third kappa shape index (κ3) is 3.24. The molecule has 1 rings (SSSR count). The predicted molar refractivity (Wildman–Crippen MR) is 62.4 cm³/mol. The Bertz CT molecular complexity index is 343. The Morgan fingerprint density at radius 1 is 1.38 bits per heavy atom. The fourth-order valence-electron chi connectivity index (χ4n) is 1.38. The van der Waals surface area contributed by atoms with Gasteiger partial charge in [0.2, 0.25) is 0 Å². The number of nitrogens with two attached hydrogens (primary N) is 1. The van der Waals surface area contributed by atoms with E-state index in [4.69, 9.17) is 15.2 Å². The molecule has 4 nitrogen and oxygen atoms in total.